The second kappa shape index (κ2) is 5.36. The molecule has 4 heteroatoms. The molecule has 0 N–H and O–H groups in total. The van der Waals surface area contributed by atoms with Crippen LogP contribution in [0.1, 0.15) is 45.8 Å². The molecule has 1 heterocycles. The molecule has 2 unspecified atom stereocenters. The molecule has 20 heavy (non-hydrogen) atoms. The lowest BCUT2D eigenvalue weighted by Gasteiger charge is -2.28. The Morgan fingerprint density at radius 3 is 2.50 bits per heavy atom. The van der Waals surface area contributed by atoms with Gasteiger partial charge in [-0.15, -0.1) is 11.6 Å². The van der Waals surface area contributed by atoms with Crippen LogP contribution in [0.15, 0.2) is 18.2 Å². The Morgan fingerprint density at radius 2 is 1.95 bits per heavy atom. The molecule has 2 atom stereocenters. The highest BCUT2D eigenvalue weighted by molar-refractivity contribution is 6.20. The van der Waals surface area contributed by atoms with Gasteiger partial charge in [-0.05, 0) is 36.5 Å². The number of hydrogen-bond acceptors (Lipinski definition) is 1. The standard InChI is InChI=1S/C16H22ClFN2/c1-10(16(3,4)5)9-20-14-8-12(18)6-7-13(14)19-15(20)11(2)17/h6-8,10-11H,9H2,1-5H3. The molecule has 1 aromatic heterocycles. The van der Waals surface area contributed by atoms with Crippen LogP contribution in [0.2, 0.25) is 0 Å². The first-order chi connectivity index (χ1) is 9.20. The van der Waals surface area contributed by atoms with Crippen LogP contribution < -0.4 is 0 Å². The van der Waals surface area contributed by atoms with Crippen LogP contribution >= 0.6 is 11.6 Å². The highest BCUT2D eigenvalue weighted by Crippen LogP contribution is 2.31. The lowest BCUT2D eigenvalue weighted by atomic mass is 9.82. The van der Waals surface area contributed by atoms with E-state index in [0.29, 0.717) is 5.92 Å². The highest BCUT2D eigenvalue weighted by atomic mass is 35.5. The topological polar surface area (TPSA) is 17.8 Å². The molecule has 0 radical (unpaired) electrons. The molecule has 0 aliphatic carbocycles. The third kappa shape index (κ3) is 2.98. The maximum Gasteiger partial charge on any atom is 0.127 e. The molecule has 2 aromatic rings. The van der Waals surface area contributed by atoms with E-state index in [1.165, 1.54) is 6.07 Å². The van der Waals surface area contributed by atoms with Gasteiger partial charge in [0.05, 0.1) is 16.4 Å². The van der Waals surface area contributed by atoms with E-state index in [9.17, 15) is 4.39 Å². The molecule has 1 aromatic carbocycles. The molecule has 0 saturated heterocycles. The molecule has 0 saturated carbocycles. The van der Waals surface area contributed by atoms with E-state index in [2.05, 4.69) is 37.2 Å². The summed E-state index contributed by atoms with van der Waals surface area (Å²) in [5.74, 6) is 0.997. The van der Waals surface area contributed by atoms with E-state index >= 15 is 0 Å². The van der Waals surface area contributed by atoms with Crippen LogP contribution in [0.5, 0.6) is 0 Å². The first-order valence-electron chi connectivity index (χ1n) is 7.00. The van der Waals surface area contributed by atoms with Crippen molar-refractivity contribution < 1.29 is 4.39 Å². The molecule has 0 amide bonds. The SMILES string of the molecule is CC(Cl)c1nc2ccc(F)cc2n1CC(C)C(C)(C)C. The number of nitrogens with zero attached hydrogens (tertiary/aromatic N) is 2. The number of halogens is 2. The molecular formula is C16H22ClFN2. The number of imidazole rings is 1. The van der Waals surface area contributed by atoms with Crippen molar-refractivity contribution in [3.8, 4) is 0 Å². The molecule has 0 spiro atoms. The van der Waals surface area contributed by atoms with Gasteiger partial charge in [-0.2, -0.15) is 0 Å². The Balaban J connectivity index is 2.53. The lowest BCUT2D eigenvalue weighted by Crippen LogP contribution is -2.23. The third-order valence-corrected chi connectivity index (χ3v) is 4.23. The minimum Gasteiger partial charge on any atom is -0.326 e. The van der Waals surface area contributed by atoms with Gasteiger partial charge in [0, 0.05) is 6.54 Å². The fraction of sp³-hybridized carbons (Fsp3) is 0.562. The van der Waals surface area contributed by atoms with Gasteiger partial charge in [0.25, 0.3) is 0 Å². The molecule has 0 fully saturated rings. The Bertz CT molecular complexity index is 611. The monoisotopic (exact) mass is 296 g/mol. The van der Waals surface area contributed by atoms with Gasteiger partial charge in [-0.1, -0.05) is 27.7 Å². The lowest BCUT2D eigenvalue weighted by molar-refractivity contribution is 0.233. The minimum absolute atomic E-state index is 0.177. The summed E-state index contributed by atoms with van der Waals surface area (Å²) in [7, 11) is 0. The van der Waals surface area contributed by atoms with E-state index in [4.69, 9.17) is 11.6 Å². The smallest absolute Gasteiger partial charge is 0.127 e. The van der Waals surface area contributed by atoms with Gasteiger partial charge < -0.3 is 4.57 Å². The van der Waals surface area contributed by atoms with Crippen LogP contribution in [0.3, 0.4) is 0 Å². The number of alkyl halides is 1. The summed E-state index contributed by atoms with van der Waals surface area (Å²) in [4.78, 5) is 4.55. The molecule has 0 aliphatic rings. The van der Waals surface area contributed by atoms with Crippen molar-refractivity contribution in [2.75, 3.05) is 0 Å². The predicted octanol–water partition coefficient (Wildman–Crippen LogP) is 5.16. The summed E-state index contributed by atoms with van der Waals surface area (Å²) < 4.78 is 15.6. The van der Waals surface area contributed by atoms with Crippen molar-refractivity contribution in [3.05, 3.63) is 29.8 Å². The van der Waals surface area contributed by atoms with Gasteiger partial charge in [0.15, 0.2) is 0 Å². The Kier molecular flexibility index (Phi) is 4.10. The first-order valence-corrected chi connectivity index (χ1v) is 7.43. The molecule has 0 aliphatic heterocycles. The maximum absolute atomic E-state index is 13.5. The van der Waals surface area contributed by atoms with Crippen molar-refractivity contribution in [2.24, 2.45) is 11.3 Å². The number of benzene rings is 1. The quantitative estimate of drug-likeness (QED) is 0.716. The van der Waals surface area contributed by atoms with E-state index < -0.39 is 0 Å². The summed E-state index contributed by atoms with van der Waals surface area (Å²) in [6, 6.07) is 4.70. The van der Waals surface area contributed by atoms with Gasteiger partial charge >= 0.3 is 0 Å². The fourth-order valence-corrected chi connectivity index (χ4v) is 2.32. The number of aromatic nitrogens is 2. The molecule has 2 rings (SSSR count). The van der Waals surface area contributed by atoms with E-state index in [1.807, 2.05) is 6.92 Å². The summed E-state index contributed by atoms with van der Waals surface area (Å²) in [6.45, 7) is 11.5. The molecule has 0 bridgehead atoms. The normalized spacial score (nSPS) is 15.6. The van der Waals surface area contributed by atoms with E-state index in [-0.39, 0.29) is 16.6 Å². The average Bonchev–Trinajstić information content (AvgIpc) is 2.66. The summed E-state index contributed by atoms with van der Waals surface area (Å²) in [6.07, 6.45) is 0. The van der Waals surface area contributed by atoms with Crippen LogP contribution in [-0.2, 0) is 6.54 Å². The predicted molar refractivity (Wildman–Crippen MR) is 82.6 cm³/mol. The zero-order valence-corrected chi connectivity index (χ0v) is 13.5. The number of hydrogen-bond donors (Lipinski definition) is 0. The molecular weight excluding hydrogens is 275 g/mol. The molecule has 2 nitrogen and oxygen atoms in total. The zero-order chi connectivity index (χ0) is 15.1. The van der Waals surface area contributed by atoms with Crippen molar-refractivity contribution >= 4 is 22.6 Å². The second-order valence-electron chi connectivity index (χ2n) is 6.60. The summed E-state index contributed by atoms with van der Waals surface area (Å²) in [5, 5.41) is -0.197. The van der Waals surface area contributed by atoms with Crippen molar-refractivity contribution in [3.63, 3.8) is 0 Å². The Labute approximate surface area is 125 Å². The van der Waals surface area contributed by atoms with E-state index in [0.717, 1.165) is 23.4 Å². The van der Waals surface area contributed by atoms with Crippen molar-refractivity contribution in [1.82, 2.24) is 9.55 Å². The van der Waals surface area contributed by atoms with Crippen LogP contribution in [0.25, 0.3) is 11.0 Å². The summed E-state index contributed by atoms with van der Waals surface area (Å²) >= 11 is 6.24. The third-order valence-electron chi connectivity index (χ3n) is 4.03. The maximum atomic E-state index is 13.5. The average molecular weight is 297 g/mol. The Morgan fingerprint density at radius 1 is 1.30 bits per heavy atom. The van der Waals surface area contributed by atoms with Gasteiger partial charge in [-0.3, -0.25) is 0 Å². The van der Waals surface area contributed by atoms with Crippen molar-refractivity contribution in [1.29, 1.82) is 0 Å². The van der Waals surface area contributed by atoms with Gasteiger partial charge in [-0.25, -0.2) is 9.37 Å². The van der Waals surface area contributed by atoms with Crippen LogP contribution in [0, 0.1) is 17.2 Å². The largest absolute Gasteiger partial charge is 0.326 e. The van der Waals surface area contributed by atoms with E-state index in [1.54, 1.807) is 12.1 Å². The first kappa shape index (κ1) is 15.3. The van der Waals surface area contributed by atoms with Crippen LogP contribution in [-0.4, -0.2) is 9.55 Å². The minimum atomic E-state index is -0.240. The number of rotatable bonds is 3. The number of fused-ring (bicyclic) bond motifs is 1. The fourth-order valence-electron chi connectivity index (χ4n) is 2.16. The summed E-state index contributed by atoms with van der Waals surface area (Å²) in [5.41, 5.74) is 1.80. The van der Waals surface area contributed by atoms with Gasteiger partial charge in [0.1, 0.15) is 11.6 Å². The van der Waals surface area contributed by atoms with Crippen molar-refractivity contribution in [2.45, 2.75) is 46.5 Å². The second-order valence-corrected chi connectivity index (χ2v) is 7.25. The Hall–Kier alpha value is -1.09. The van der Waals surface area contributed by atoms with Gasteiger partial charge in [0.2, 0.25) is 0 Å². The van der Waals surface area contributed by atoms with Crippen LogP contribution in [0.4, 0.5) is 4.39 Å². The highest BCUT2D eigenvalue weighted by Gasteiger charge is 2.23. The molecule has 110 valence electrons. The zero-order valence-electron chi connectivity index (χ0n) is 12.7.